The number of rotatable bonds is 6. The van der Waals surface area contributed by atoms with Gasteiger partial charge in [-0.15, -0.1) is 0 Å². The highest BCUT2D eigenvalue weighted by Gasteiger charge is 2.33. The van der Waals surface area contributed by atoms with Crippen molar-refractivity contribution in [1.29, 1.82) is 5.41 Å². The van der Waals surface area contributed by atoms with E-state index in [0.717, 1.165) is 56.9 Å². The number of halogens is 2. The number of thiocarbonyl (C=S) groups is 1. The average molecular weight is 538 g/mol. The number of alkyl halides is 2. The summed E-state index contributed by atoms with van der Waals surface area (Å²) in [7, 11) is 0. The maximum atomic E-state index is 13.9. The van der Waals surface area contributed by atoms with E-state index in [2.05, 4.69) is 30.1 Å². The first-order valence-corrected chi connectivity index (χ1v) is 13.2. The van der Waals surface area contributed by atoms with Crippen LogP contribution in [0.2, 0.25) is 0 Å². The Morgan fingerprint density at radius 3 is 2.56 bits per heavy atom. The van der Waals surface area contributed by atoms with Gasteiger partial charge in [0.15, 0.2) is 0 Å². The molecule has 2 N–H and O–H groups in total. The second kappa shape index (κ2) is 10.3. The zero-order valence-electron chi connectivity index (χ0n) is 22.1. The van der Waals surface area contributed by atoms with Gasteiger partial charge in [0.2, 0.25) is 0 Å². The number of aliphatic imine (C=N–C) groups is 1. The highest BCUT2D eigenvalue weighted by molar-refractivity contribution is 7.82. The van der Waals surface area contributed by atoms with E-state index in [1.165, 1.54) is 6.08 Å². The molecule has 3 aromatic rings. The Morgan fingerprint density at radius 1 is 1.13 bits per heavy atom. The summed E-state index contributed by atoms with van der Waals surface area (Å²) in [6.07, 6.45) is 9.17. The molecule has 0 amide bonds. The molecule has 0 fully saturated rings. The summed E-state index contributed by atoms with van der Waals surface area (Å²) >= 11 is 5.47. The second-order valence-electron chi connectivity index (χ2n) is 10.2. The Morgan fingerprint density at radius 2 is 1.87 bits per heavy atom. The third-order valence-electron chi connectivity index (χ3n) is 7.28. The van der Waals surface area contributed by atoms with Crippen LogP contribution >= 0.6 is 12.2 Å². The third kappa shape index (κ3) is 5.30. The number of hydrogen-bond donors (Lipinski definition) is 2. The molecule has 1 unspecified atom stereocenters. The molecule has 39 heavy (non-hydrogen) atoms. The molecule has 0 spiro atoms. The van der Waals surface area contributed by atoms with Crippen LogP contribution in [0.5, 0.6) is 0 Å². The lowest BCUT2D eigenvalue weighted by molar-refractivity contribution is 0.0655. The van der Waals surface area contributed by atoms with Gasteiger partial charge < -0.3 is 5.32 Å². The fraction of sp³-hybridized carbons (Fsp3) is 0.182. The molecule has 3 aromatic carbocycles. The Labute approximate surface area is 232 Å². The second-order valence-corrected chi connectivity index (χ2v) is 10.6. The molecule has 5 rings (SSSR count). The van der Waals surface area contributed by atoms with Crippen molar-refractivity contribution < 1.29 is 8.78 Å². The van der Waals surface area contributed by atoms with Crippen molar-refractivity contribution in [3.63, 3.8) is 0 Å². The number of aryl methyl sites for hydroxylation is 2. The Hall–Kier alpha value is -4.03. The molecule has 0 bridgehead atoms. The van der Waals surface area contributed by atoms with Crippen molar-refractivity contribution in [3.8, 4) is 0 Å². The Bertz CT molecular complexity index is 1650. The van der Waals surface area contributed by atoms with Gasteiger partial charge in [-0.25, -0.2) is 8.78 Å². The highest BCUT2D eigenvalue weighted by Crippen LogP contribution is 2.45. The minimum Gasteiger partial charge on any atom is -0.344 e. The van der Waals surface area contributed by atoms with Crippen LogP contribution in [0.3, 0.4) is 0 Å². The molecular formula is C33H29F2N3S. The first-order chi connectivity index (χ1) is 18.5. The van der Waals surface area contributed by atoms with Crippen molar-refractivity contribution in [2.45, 2.75) is 39.0 Å². The van der Waals surface area contributed by atoms with Crippen molar-refractivity contribution in [3.05, 3.63) is 112 Å². The van der Waals surface area contributed by atoms with E-state index in [1.54, 1.807) is 12.2 Å². The van der Waals surface area contributed by atoms with E-state index < -0.39 is 5.92 Å². The minimum atomic E-state index is -2.90. The molecule has 3 nitrogen and oxygen atoms in total. The van der Waals surface area contributed by atoms with Crippen LogP contribution < -0.4 is 5.32 Å². The standard InChI is InChI=1S/C33H29F2N3S/c1-19-6-5-7-20(2)30(19)38-32(39)29(36)15-9-22-8-12-25-24(17-22)10-13-26-27(18-37-31(25)26)23-11-14-28(21(3)16-23)33(4,34)35/h5-15,17-18,27,36H,3,16H2,1-2,4H3,(H,38,39)/b15-9+,36-29?. The van der Waals surface area contributed by atoms with Crippen molar-refractivity contribution in [1.82, 2.24) is 0 Å². The number of hydrogen-bond acceptors (Lipinski definition) is 3. The summed E-state index contributed by atoms with van der Waals surface area (Å²) in [5, 5.41) is 13.7. The number of anilines is 1. The quantitative estimate of drug-likeness (QED) is 0.243. The van der Waals surface area contributed by atoms with Crippen LogP contribution in [0.25, 0.3) is 16.8 Å². The maximum absolute atomic E-state index is 13.9. The number of nitrogens with one attached hydrogen (secondary N) is 2. The Kier molecular flexibility index (Phi) is 7.00. The molecule has 0 saturated heterocycles. The fourth-order valence-electron chi connectivity index (χ4n) is 5.20. The van der Waals surface area contributed by atoms with Crippen molar-refractivity contribution >= 4 is 57.4 Å². The van der Waals surface area contributed by atoms with Gasteiger partial charge in [-0.2, -0.15) is 0 Å². The van der Waals surface area contributed by atoms with Gasteiger partial charge in [0.05, 0.1) is 11.4 Å². The van der Waals surface area contributed by atoms with Gasteiger partial charge in [-0.3, -0.25) is 10.4 Å². The minimum absolute atomic E-state index is 0.00424. The predicted molar refractivity (Wildman–Crippen MR) is 164 cm³/mol. The largest absolute Gasteiger partial charge is 0.344 e. The Balaban J connectivity index is 1.34. The molecule has 1 atom stereocenters. The van der Waals surface area contributed by atoms with Crippen LogP contribution in [-0.4, -0.2) is 22.8 Å². The van der Waals surface area contributed by atoms with Crippen molar-refractivity contribution in [2.75, 3.05) is 5.32 Å². The number of allylic oxidation sites excluding steroid dienone is 5. The van der Waals surface area contributed by atoms with E-state index in [-0.39, 0.29) is 17.2 Å². The lowest BCUT2D eigenvalue weighted by Crippen LogP contribution is -2.19. The van der Waals surface area contributed by atoms with Gasteiger partial charge in [-0.05, 0) is 65.6 Å². The predicted octanol–water partition coefficient (Wildman–Crippen LogP) is 9.20. The van der Waals surface area contributed by atoms with Gasteiger partial charge in [0.25, 0.3) is 5.92 Å². The molecule has 1 aliphatic heterocycles. The van der Waals surface area contributed by atoms with Crippen LogP contribution in [0.15, 0.2) is 95.0 Å². The van der Waals surface area contributed by atoms with Crippen LogP contribution in [-0.2, 0) is 0 Å². The van der Waals surface area contributed by atoms with E-state index in [4.69, 9.17) is 22.6 Å². The van der Waals surface area contributed by atoms with Crippen LogP contribution in [0, 0.1) is 19.3 Å². The maximum Gasteiger partial charge on any atom is 0.270 e. The molecular weight excluding hydrogens is 508 g/mol. The lowest BCUT2D eigenvalue weighted by Gasteiger charge is -2.24. The van der Waals surface area contributed by atoms with E-state index >= 15 is 0 Å². The molecule has 6 heteroatoms. The fourth-order valence-corrected chi connectivity index (χ4v) is 5.37. The normalized spacial score (nSPS) is 16.8. The zero-order chi connectivity index (χ0) is 27.9. The summed E-state index contributed by atoms with van der Waals surface area (Å²) in [6.45, 7) is 8.83. The molecule has 1 aliphatic carbocycles. The number of fused-ring (bicyclic) bond motifs is 3. The first-order valence-electron chi connectivity index (χ1n) is 12.7. The molecule has 0 radical (unpaired) electrons. The summed E-state index contributed by atoms with van der Waals surface area (Å²) in [6, 6.07) is 16.2. The van der Waals surface area contributed by atoms with Gasteiger partial charge in [-0.1, -0.05) is 85.1 Å². The van der Waals surface area contributed by atoms with Crippen molar-refractivity contribution in [2.24, 2.45) is 4.99 Å². The van der Waals surface area contributed by atoms with Gasteiger partial charge in [0, 0.05) is 35.7 Å². The monoisotopic (exact) mass is 537 g/mol. The van der Waals surface area contributed by atoms with Crippen LogP contribution in [0.4, 0.5) is 20.2 Å². The SMILES string of the molecule is C=C1CC(C2C=Nc3c2ccc2cc(/C=C/C(=N)C(=S)Nc4c(C)cccc4C)ccc32)=CC=C1C(C)(F)F. The average Bonchev–Trinajstić information content (AvgIpc) is 3.33. The summed E-state index contributed by atoms with van der Waals surface area (Å²) in [5.74, 6) is -2.96. The smallest absolute Gasteiger partial charge is 0.270 e. The summed E-state index contributed by atoms with van der Waals surface area (Å²) < 4.78 is 27.7. The molecule has 2 aliphatic rings. The third-order valence-corrected chi connectivity index (χ3v) is 7.60. The first kappa shape index (κ1) is 26.6. The molecule has 0 aromatic heterocycles. The van der Waals surface area contributed by atoms with E-state index in [9.17, 15) is 8.78 Å². The molecule has 196 valence electrons. The van der Waals surface area contributed by atoms with Gasteiger partial charge in [0.1, 0.15) is 4.99 Å². The zero-order valence-corrected chi connectivity index (χ0v) is 22.9. The van der Waals surface area contributed by atoms with E-state index in [0.29, 0.717) is 17.0 Å². The van der Waals surface area contributed by atoms with Crippen LogP contribution in [0.1, 0.15) is 41.5 Å². The lowest BCUT2D eigenvalue weighted by atomic mass is 9.82. The highest BCUT2D eigenvalue weighted by atomic mass is 32.1. The number of nitrogens with zero attached hydrogens (tertiary/aromatic N) is 1. The molecule has 0 saturated carbocycles. The number of benzene rings is 3. The molecule has 1 heterocycles. The summed E-state index contributed by atoms with van der Waals surface area (Å²) in [4.78, 5) is 5.08. The van der Waals surface area contributed by atoms with Gasteiger partial charge >= 0.3 is 0 Å². The summed E-state index contributed by atoms with van der Waals surface area (Å²) in [5.41, 5.74) is 7.70. The number of para-hydroxylation sites is 1. The topological polar surface area (TPSA) is 48.2 Å². The van der Waals surface area contributed by atoms with E-state index in [1.807, 2.05) is 56.5 Å².